The van der Waals surface area contributed by atoms with Gasteiger partial charge in [0, 0.05) is 30.9 Å². The van der Waals surface area contributed by atoms with Crippen molar-refractivity contribution >= 4 is 24.0 Å². The van der Waals surface area contributed by atoms with Crippen molar-refractivity contribution in [1.82, 2.24) is 5.32 Å². The molecule has 5 nitrogen and oxygen atoms in total. The Bertz CT molecular complexity index is 601. The van der Waals surface area contributed by atoms with Crippen molar-refractivity contribution < 1.29 is 22.7 Å². The van der Waals surface area contributed by atoms with Crippen LogP contribution in [0.4, 0.5) is 18.9 Å². The van der Waals surface area contributed by atoms with E-state index in [1.54, 1.807) is 6.07 Å². The summed E-state index contributed by atoms with van der Waals surface area (Å²) < 4.78 is 40.9. The van der Waals surface area contributed by atoms with Gasteiger partial charge in [0.05, 0.1) is 6.04 Å². The minimum Gasteiger partial charge on any atom is -0.406 e. The lowest BCUT2D eigenvalue weighted by molar-refractivity contribution is -0.274. The first-order chi connectivity index (χ1) is 11.7. The van der Waals surface area contributed by atoms with E-state index in [4.69, 9.17) is 5.73 Å². The number of ether oxygens (including phenoxy) is 1. The van der Waals surface area contributed by atoms with Gasteiger partial charge in [0.25, 0.3) is 0 Å². The number of hydrogen-bond acceptors (Lipinski definition) is 4. The minimum absolute atomic E-state index is 0. The number of benzene rings is 1. The summed E-state index contributed by atoms with van der Waals surface area (Å²) in [5.41, 5.74) is 6.55. The predicted octanol–water partition coefficient (Wildman–Crippen LogP) is 3.08. The van der Waals surface area contributed by atoms with Gasteiger partial charge >= 0.3 is 6.36 Å². The molecule has 0 aliphatic carbocycles. The molecule has 0 bridgehead atoms. The van der Waals surface area contributed by atoms with Crippen molar-refractivity contribution in [2.45, 2.75) is 45.1 Å². The lowest BCUT2D eigenvalue weighted by Gasteiger charge is -2.22. The van der Waals surface area contributed by atoms with Crippen LogP contribution >= 0.6 is 12.4 Å². The van der Waals surface area contributed by atoms with Gasteiger partial charge in [-0.25, -0.2) is 0 Å². The van der Waals surface area contributed by atoms with E-state index >= 15 is 0 Å². The van der Waals surface area contributed by atoms with Gasteiger partial charge in [-0.15, -0.1) is 25.6 Å². The number of amides is 1. The molecular formula is C17H25ClF3N3O2. The molecule has 1 aliphatic heterocycles. The Morgan fingerprint density at radius 3 is 2.77 bits per heavy atom. The Morgan fingerprint density at radius 1 is 1.46 bits per heavy atom. The smallest absolute Gasteiger partial charge is 0.406 e. The standard InChI is InChI=1S/C17H24F3N3O2.ClH/c1-3-11(2)15(21)16(24)22-12-7-8-23(10-12)13-5-4-6-14(9-13)25-17(18,19)20;/h4-6,9,11-12,15H,3,7-8,10,21H2,1-2H3,(H,22,24);1H. The number of nitrogens with one attached hydrogen (secondary N) is 1. The topological polar surface area (TPSA) is 67.6 Å². The minimum atomic E-state index is -4.72. The zero-order chi connectivity index (χ0) is 18.6. The number of nitrogens with two attached hydrogens (primary N) is 1. The van der Waals surface area contributed by atoms with E-state index in [1.165, 1.54) is 18.2 Å². The zero-order valence-electron chi connectivity index (χ0n) is 14.8. The summed E-state index contributed by atoms with van der Waals surface area (Å²) in [6, 6.07) is 5.22. The third-order valence-electron chi connectivity index (χ3n) is 4.51. The van der Waals surface area contributed by atoms with E-state index in [1.807, 2.05) is 18.7 Å². The van der Waals surface area contributed by atoms with Crippen molar-refractivity contribution in [1.29, 1.82) is 0 Å². The molecule has 1 aliphatic rings. The molecule has 9 heteroatoms. The number of anilines is 1. The molecule has 0 saturated carbocycles. The first kappa shape index (κ1) is 22.4. The van der Waals surface area contributed by atoms with Gasteiger partial charge in [0.2, 0.25) is 5.91 Å². The van der Waals surface area contributed by atoms with Crippen LogP contribution in [-0.4, -0.2) is 37.4 Å². The van der Waals surface area contributed by atoms with Crippen LogP contribution in [0.3, 0.4) is 0 Å². The van der Waals surface area contributed by atoms with Gasteiger partial charge < -0.3 is 20.7 Å². The van der Waals surface area contributed by atoms with Gasteiger partial charge in [-0.05, 0) is 24.5 Å². The lowest BCUT2D eigenvalue weighted by atomic mass is 9.99. The third kappa shape index (κ3) is 6.25. The van der Waals surface area contributed by atoms with Crippen molar-refractivity contribution in [3.63, 3.8) is 0 Å². The highest BCUT2D eigenvalue weighted by molar-refractivity contribution is 5.85. The third-order valence-corrected chi connectivity index (χ3v) is 4.51. The molecule has 1 fully saturated rings. The number of carbonyl (C=O) groups excluding carboxylic acids is 1. The molecule has 1 aromatic carbocycles. The van der Waals surface area contributed by atoms with Crippen molar-refractivity contribution in [3.8, 4) is 5.75 Å². The van der Waals surface area contributed by atoms with Crippen LogP contribution in [0.15, 0.2) is 24.3 Å². The Morgan fingerprint density at radius 2 is 2.15 bits per heavy atom. The van der Waals surface area contributed by atoms with Crippen LogP contribution in [0.2, 0.25) is 0 Å². The largest absolute Gasteiger partial charge is 0.573 e. The highest BCUT2D eigenvalue weighted by Gasteiger charge is 2.32. The Labute approximate surface area is 157 Å². The molecule has 0 aromatic heterocycles. The van der Waals surface area contributed by atoms with Crippen LogP contribution in [-0.2, 0) is 4.79 Å². The molecule has 0 spiro atoms. The van der Waals surface area contributed by atoms with E-state index in [2.05, 4.69) is 10.1 Å². The second-order valence-corrected chi connectivity index (χ2v) is 6.40. The zero-order valence-corrected chi connectivity index (χ0v) is 15.6. The monoisotopic (exact) mass is 395 g/mol. The highest BCUT2D eigenvalue weighted by Crippen LogP contribution is 2.28. The summed E-state index contributed by atoms with van der Waals surface area (Å²) >= 11 is 0. The number of hydrogen-bond donors (Lipinski definition) is 2. The van der Waals surface area contributed by atoms with E-state index in [0.717, 1.165) is 6.42 Å². The van der Waals surface area contributed by atoms with E-state index < -0.39 is 12.4 Å². The molecule has 3 N–H and O–H groups in total. The summed E-state index contributed by atoms with van der Waals surface area (Å²) in [4.78, 5) is 14.1. The number of halogens is 4. The molecule has 1 amide bonds. The average molecular weight is 396 g/mol. The van der Waals surface area contributed by atoms with Gasteiger partial charge in [0.15, 0.2) is 0 Å². The van der Waals surface area contributed by atoms with Gasteiger partial charge in [-0.1, -0.05) is 26.3 Å². The number of carbonyl (C=O) groups is 1. The molecule has 1 aromatic rings. The fourth-order valence-electron chi connectivity index (χ4n) is 2.80. The molecule has 1 saturated heterocycles. The van der Waals surface area contributed by atoms with Crippen LogP contribution in [0.5, 0.6) is 5.75 Å². The van der Waals surface area contributed by atoms with Crippen LogP contribution in [0, 0.1) is 5.92 Å². The predicted molar refractivity (Wildman–Crippen MR) is 96.6 cm³/mol. The molecule has 3 unspecified atom stereocenters. The maximum absolute atomic E-state index is 12.3. The Balaban J connectivity index is 0.00000338. The highest BCUT2D eigenvalue weighted by atomic mass is 35.5. The summed E-state index contributed by atoms with van der Waals surface area (Å²) in [7, 11) is 0. The van der Waals surface area contributed by atoms with Gasteiger partial charge in [-0.3, -0.25) is 4.79 Å². The first-order valence-corrected chi connectivity index (χ1v) is 8.36. The van der Waals surface area contributed by atoms with Crippen LogP contribution in [0.1, 0.15) is 26.7 Å². The average Bonchev–Trinajstić information content (AvgIpc) is 3.00. The normalized spacial score (nSPS) is 19.5. The van der Waals surface area contributed by atoms with E-state index in [9.17, 15) is 18.0 Å². The maximum atomic E-state index is 12.3. The number of alkyl halides is 3. The molecule has 1 heterocycles. The van der Waals surface area contributed by atoms with Crippen LogP contribution < -0.4 is 20.7 Å². The Hall–Kier alpha value is -1.67. The quantitative estimate of drug-likeness (QED) is 0.776. The SMILES string of the molecule is CCC(C)C(N)C(=O)NC1CCN(c2cccc(OC(F)(F)F)c2)C1.Cl. The molecular weight excluding hydrogens is 371 g/mol. The second-order valence-electron chi connectivity index (χ2n) is 6.40. The van der Waals surface area contributed by atoms with Gasteiger partial charge in [-0.2, -0.15) is 0 Å². The fourth-order valence-corrected chi connectivity index (χ4v) is 2.80. The first-order valence-electron chi connectivity index (χ1n) is 8.36. The summed E-state index contributed by atoms with van der Waals surface area (Å²) in [5.74, 6) is -0.347. The van der Waals surface area contributed by atoms with Crippen molar-refractivity contribution in [3.05, 3.63) is 24.3 Å². The van der Waals surface area contributed by atoms with Crippen molar-refractivity contribution in [2.24, 2.45) is 11.7 Å². The van der Waals surface area contributed by atoms with Gasteiger partial charge in [0.1, 0.15) is 5.75 Å². The van der Waals surface area contributed by atoms with Crippen molar-refractivity contribution in [2.75, 3.05) is 18.0 Å². The summed E-state index contributed by atoms with van der Waals surface area (Å²) in [5, 5.41) is 2.93. The number of rotatable bonds is 6. The second kappa shape index (κ2) is 9.32. The molecule has 0 radical (unpaired) electrons. The van der Waals surface area contributed by atoms with Crippen LogP contribution in [0.25, 0.3) is 0 Å². The lowest BCUT2D eigenvalue weighted by Crippen LogP contribution is -2.49. The summed E-state index contributed by atoms with van der Waals surface area (Å²) in [6.45, 7) is 5.07. The fraction of sp³-hybridized carbons (Fsp3) is 0.588. The molecule has 2 rings (SSSR count). The molecule has 26 heavy (non-hydrogen) atoms. The Kier molecular flexibility index (Phi) is 8.02. The maximum Gasteiger partial charge on any atom is 0.573 e. The molecule has 3 atom stereocenters. The number of nitrogens with zero attached hydrogens (tertiary/aromatic N) is 1. The molecule has 148 valence electrons. The summed E-state index contributed by atoms with van der Waals surface area (Å²) in [6.07, 6.45) is -3.19. The van der Waals surface area contributed by atoms with E-state index in [-0.39, 0.29) is 36.0 Å². The van der Waals surface area contributed by atoms with E-state index in [0.29, 0.717) is 25.2 Å².